The standard InChI is InChI=1S/C23H20ClN7O/c1-15(13-30-9-7-21(29-30)17-5-6-18(11-25)20(24)10-17)27-23(32)22-14-31(16(2)28-22)19-4-3-8-26-12-19/h3-10,12,14-15H,13H2,1-2H3,(H,27,32). The van der Waals surface area contributed by atoms with E-state index in [1.165, 1.54) is 0 Å². The van der Waals surface area contributed by atoms with E-state index in [2.05, 4.69) is 20.4 Å². The second-order valence-electron chi connectivity index (χ2n) is 7.36. The number of aryl methyl sites for hydroxylation is 1. The van der Waals surface area contributed by atoms with Gasteiger partial charge in [0.2, 0.25) is 0 Å². The Morgan fingerprint density at radius 2 is 2.16 bits per heavy atom. The van der Waals surface area contributed by atoms with Crippen LogP contribution in [0, 0.1) is 18.3 Å². The van der Waals surface area contributed by atoms with Crippen LogP contribution in [0.4, 0.5) is 0 Å². The highest BCUT2D eigenvalue weighted by Gasteiger charge is 2.16. The number of amides is 1. The van der Waals surface area contributed by atoms with Crippen molar-refractivity contribution in [3.8, 4) is 23.0 Å². The zero-order valence-electron chi connectivity index (χ0n) is 17.5. The van der Waals surface area contributed by atoms with Gasteiger partial charge in [-0.3, -0.25) is 14.5 Å². The predicted octanol–water partition coefficient (Wildman–Crippen LogP) is 3.78. The minimum atomic E-state index is -0.255. The van der Waals surface area contributed by atoms with Crippen LogP contribution in [-0.2, 0) is 6.54 Å². The number of imidazole rings is 1. The van der Waals surface area contributed by atoms with Crippen molar-refractivity contribution in [3.05, 3.63) is 83.3 Å². The van der Waals surface area contributed by atoms with Gasteiger partial charge in [-0.1, -0.05) is 17.7 Å². The lowest BCUT2D eigenvalue weighted by molar-refractivity contribution is 0.0931. The van der Waals surface area contributed by atoms with Crippen LogP contribution in [0.25, 0.3) is 16.9 Å². The van der Waals surface area contributed by atoms with E-state index in [0.29, 0.717) is 28.6 Å². The summed E-state index contributed by atoms with van der Waals surface area (Å²) in [5.41, 5.74) is 3.16. The van der Waals surface area contributed by atoms with Crippen LogP contribution >= 0.6 is 11.6 Å². The topological polar surface area (TPSA) is 101 Å². The summed E-state index contributed by atoms with van der Waals surface area (Å²) in [6, 6.07) is 12.7. The molecule has 0 aliphatic rings. The fraction of sp³-hybridized carbons (Fsp3) is 0.174. The Hall–Kier alpha value is -3.96. The molecule has 4 aromatic rings. The quantitative estimate of drug-likeness (QED) is 0.486. The van der Waals surface area contributed by atoms with Gasteiger partial charge in [0.1, 0.15) is 17.6 Å². The summed E-state index contributed by atoms with van der Waals surface area (Å²) in [6.45, 7) is 4.23. The minimum absolute atomic E-state index is 0.177. The third kappa shape index (κ3) is 4.53. The number of carbonyl (C=O) groups excluding carboxylic acids is 1. The van der Waals surface area contributed by atoms with Crippen LogP contribution in [0.2, 0.25) is 5.02 Å². The predicted molar refractivity (Wildman–Crippen MR) is 120 cm³/mol. The monoisotopic (exact) mass is 445 g/mol. The Morgan fingerprint density at radius 3 is 2.88 bits per heavy atom. The molecule has 0 bridgehead atoms. The Bertz CT molecular complexity index is 1300. The van der Waals surface area contributed by atoms with Gasteiger partial charge in [-0.25, -0.2) is 4.98 Å². The van der Waals surface area contributed by atoms with Crippen molar-refractivity contribution < 1.29 is 4.79 Å². The summed E-state index contributed by atoms with van der Waals surface area (Å²) in [5, 5.41) is 16.9. The number of pyridine rings is 1. The largest absolute Gasteiger partial charge is 0.346 e. The number of nitriles is 1. The Balaban J connectivity index is 1.41. The highest BCUT2D eigenvalue weighted by molar-refractivity contribution is 6.32. The first-order valence-corrected chi connectivity index (χ1v) is 10.3. The Morgan fingerprint density at radius 1 is 1.31 bits per heavy atom. The molecule has 3 aromatic heterocycles. The van der Waals surface area contributed by atoms with Gasteiger partial charge >= 0.3 is 0 Å². The fourth-order valence-corrected chi connectivity index (χ4v) is 3.57. The van der Waals surface area contributed by atoms with Gasteiger partial charge in [0, 0.05) is 30.2 Å². The maximum atomic E-state index is 12.7. The van der Waals surface area contributed by atoms with Gasteiger partial charge in [-0.15, -0.1) is 0 Å². The second-order valence-corrected chi connectivity index (χ2v) is 7.77. The molecule has 1 N–H and O–H groups in total. The van der Waals surface area contributed by atoms with Crippen molar-refractivity contribution >= 4 is 17.5 Å². The minimum Gasteiger partial charge on any atom is -0.346 e. The van der Waals surface area contributed by atoms with Crippen molar-refractivity contribution in [1.82, 2.24) is 29.6 Å². The molecule has 0 saturated heterocycles. The lowest BCUT2D eigenvalue weighted by atomic mass is 10.1. The van der Waals surface area contributed by atoms with E-state index < -0.39 is 0 Å². The molecule has 0 aliphatic carbocycles. The van der Waals surface area contributed by atoms with E-state index in [-0.39, 0.29) is 11.9 Å². The zero-order chi connectivity index (χ0) is 22.7. The van der Waals surface area contributed by atoms with Crippen molar-refractivity contribution in [1.29, 1.82) is 5.26 Å². The molecular weight excluding hydrogens is 426 g/mol. The summed E-state index contributed by atoms with van der Waals surface area (Å²) in [4.78, 5) is 21.2. The number of aromatic nitrogens is 5. The molecule has 0 fully saturated rings. The number of nitrogens with zero attached hydrogens (tertiary/aromatic N) is 6. The maximum absolute atomic E-state index is 12.7. The maximum Gasteiger partial charge on any atom is 0.271 e. The molecule has 0 saturated carbocycles. The van der Waals surface area contributed by atoms with Crippen LogP contribution < -0.4 is 5.32 Å². The normalized spacial score (nSPS) is 11.7. The number of hydrogen-bond acceptors (Lipinski definition) is 5. The molecule has 3 heterocycles. The van der Waals surface area contributed by atoms with Gasteiger partial charge < -0.3 is 9.88 Å². The Labute approximate surface area is 190 Å². The van der Waals surface area contributed by atoms with Gasteiger partial charge in [-0.2, -0.15) is 10.4 Å². The van der Waals surface area contributed by atoms with Crippen molar-refractivity contribution in [2.24, 2.45) is 0 Å². The van der Waals surface area contributed by atoms with Crippen molar-refractivity contribution in [2.45, 2.75) is 26.4 Å². The summed E-state index contributed by atoms with van der Waals surface area (Å²) < 4.78 is 3.58. The fourth-order valence-electron chi connectivity index (χ4n) is 3.35. The number of carbonyl (C=O) groups is 1. The van der Waals surface area contributed by atoms with E-state index in [0.717, 1.165) is 16.9 Å². The molecule has 0 aliphatic heterocycles. The summed E-state index contributed by atoms with van der Waals surface area (Å²) in [5.74, 6) is 0.447. The summed E-state index contributed by atoms with van der Waals surface area (Å²) in [7, 11) is 0. The average Bonchev–Trinajstić information content (AvgIpc) is 3.41. The number of rotatable bonds is 6. The highest BCUT2D eigenvalue weighted by atomic mass is 35.5. The van der Waals surface area contributed by atoms with Crippen molar-refractivity contribution in [3.63, 3.8) is 0 Å². The van der Waals surface area contributed by atoms with Crippen LogP contribution in [-0.4, -0.2) is 36.3 Å². The van der Waals surface area contributed by atoms with Gasteiger partial charge in [-0.05, 0) is 44.2 Å². The average molecular weight is 446 g/mol. The van der Waals surface area contributed by atoms with Gasteiger partial charge in [0.25, 0.3) is 5.91 Å². The lowest BCUT2D eigenvalue weighted by Gasteiger charge is -2.13. The molecule has 9 heteroatoms. The number of nitrogens with one attached hydrogen (secondary N) is 1. The second kappa shape index (κ2) is 9.04. The molecule has 0 spiro atoms. The zero-order valence-corrected chi connectivity index (χ0v) is 18.3. The van der Waals surface area contributed by atoms with E-state index in [9.17, 15) is 4.79 Å². The molecule has 4 rings (SSSR count). The Kier molecular flexibility index (Phi) is 6.01. The molecule has 1 unspecified atom stereocenters. The van der Waals surface area contributed by atoms with Crippen LogP contribution in [0.5, 0.6) is 0 Å². The van der Waals surface area contributed by atoms with Crippen LogP contribution in [0.1, 0.15) is 28.8 Å². The van der Waals surface area contributed by atoms with E-state index in [1.807, 2.05) is 54.9 Å². The molecule has 160 valence electrons. The molecule has 1 aromatic carbocycles. The number of hydrogen-bond donors (Lipinski definition) is 1. The first kappa shape index (κ1) is 21.3. The SMILES string of the molecule is Cc1nc(C(=O)NC(C)Cn2ccc(-c3ccc(C#N)c(Cl)c3)n2)cn1-c1cccnc1. The van der Waals surface area contributed by atoms with Crippen LogP contribution in [0.15, 0.2) is 61.2 Å². The molecule has 32 heavy (non-hydrogen) atoms. The molecule has 8 nitrogen and oxygen atoms in total. The third-order valence-corrected chi connectivity index (χ3v) is 5.22. The molecular formula is C23H20ClN7O. The molecule has 0 radical (unpaired) electrons. The smallest absolute Gasteiger partial charge is 0.271 e. The van der Waals surface area contributed by atoms with E-state index in [4.69, 9.17) is 16.9 Å². The number of benzene rings is 1. The molecule has 1 atom stereocenters. The number of halogens is 1. The third-order valence-electron chi connectivity index (χ3n) is 4.90. The summed E-state index contributed by atoms with van der Waals surface area (Å²) >= 11 is 6.12. The highest BCUT2D eigenvalue weighted by Crippen LogP contribution is 2.24. The summed E-state index contributed by atoms with van der Waals surface area (Å²) in [6.07, 6.45) is 6.96. The van der Waals surface area contributed by atoms with Crippen molar-refractivity contribution in [2.75, 3.05) is 0 Å². The van der Waals surface area contributed by atoms with E-state index >= 15 is 0 Å². The van der Waals surface area contributed by atoms with Gasteiger partial charge in [0.15, 0.2) is 0 Å². The first-order valence-electron chi connectivity index (χ1n) is 9.95. The van der Waals surface area contributed by atoms with Crippen LogP contribution in [0.3, 0.4) is 0 Å². The first-order chi connectivity index (χ1) is 15.4. The van der Waals surface area contributed by atoms with E-state index in [1.54, 1.807) is 35.4 Å². The lowest BCUT2D eigenvalue weighted by Crippen LogP contribution is -2.36. The van der Waals surface area contributed by atoms with Gasteiger partial charge in [0.05, 0.1) is 34.7 Å². The molecule has 1 amide bonds.